The summed E-state index contributed by atoms with van der Waals surface area (Å²) in [4.78, 5) is 0. The number of fused-ring (bicyclic) bond motifs is 1. The van der Waals surface area contributed by atoms with E-state index in [9.17, 15) is 18.3 Å². The Morgan fingerprint density at radius 2 is 1.97 bits per heavy atom. The molecule has 0 bridgehead atoms. The standard InChI is InChI=1S/C21H26F3N5O/c1-3-15(7-4-5-11-25-2)26-20-28-27-19(17-8-6-12-29(17)20)16-10-9-14(13-18(16)30)21(22,23)24/h6,8-10,12-13,15,25,30H,3-5,7,11H2,1-2H3,(H,26,28). The summed E-state index contributed by atoms with van der Waals surface area (Å²) in [5, 5.41) is 25.2. The number of unbranched alkanes of at least 4 members (excludes halogenated alkanes) is 1. The van der Waals surface area contributed by atoms with E-state index < -0.39 is 17.5 Å². The zero-order valence-corrected chi connectivity index (χ0v) is 17.0. The highest BCUT2D eigenvalue weighted by atomic mass is 19.4. The lowest BCUT2D eigenvalue weighted by atomic mass is 10.1. The van der Waals surface area contributed by atoms with Crippen LogP contribution in [0.2, 0.25) is 0 Å². The number of phenols is 1. The highest BCUT2D eigenvalue weighted by molar-refractivity contribution is 5.81. The fourth-order valence-electron chi connectivity index (χ4n) is 3.41. The highest BCUT2D eigenvalue weighted by Crippen LogP contribution is 2.37. The molecule has 3 rings (SSSR count). The van der Waals surface area contributed by atoms with Crippen LogP contribution in [-0.2, 0) is 6.18 Å². The summed E-state index contributed by atoms with van der Waals surface area (Å²) in [5.41, 5.74) is 0.252. The van der Waals surface area contributed by atoms with Crippen molar-refractivity contribution in [3.63, 3.8) is 0 Å². The largest absolute Gasteiger partial charge is 0.507 e. The third kappa shape index (κ3) is 4.84. The summed E-state index contributed by atoms with van der Waals surface area (Å²) in [5.74, 6) is 0.0736. The van der Waals surface area contributed by atoms with Crippen LogP contribution in [0, 0.1) is 0 Å². The molecule has 0 saturated heterocycles. The van der Waals surface area contributed by atoms with E-state index in [2.05, 4.69) is 27.8 Å². The molecule has 6 nitrogen and oxygen atoms in total. The monoisotopic (exact) mass is 421 g/mol. The molecular weight excluding hydrogens is 395 g/mol. The van der Waals surface area contributed by atoms with E-state index in [1.165, 1.54) is 6.07 Å². The van der Waals surface area contributed by atoms with Crippen LogP contribution in [0.5, 0.6) is 5.75 Å². The van der Waals surface area contributed by atoms with Gasteiger partial charge in [-0.05, 0) is 63.2 Å². The number of halogens is 3. The van der Waals surface area contributed by atoms with Gasteiger partial charge in [0.05, 0.1) is 11.1 Å². The molecule has 0 aliphatic heterocycles. The van der Waals surface area contributed by atoms with Crippen molar-refractivity contribution in [1.82, 2.24) is 19.9 Å². The van der Waals surface area contributed by atoms with Gasteiger partial charge >= 0.3 is 6.18 Å². The number of nitrogens with one attached hydrogen (secondary N) is 2. The Morgan fingerprint density at radius 3 is 2.63 bits per heavy atom. The summed E-state index contributed by atoms with van der Waals surface area (Å²) in [7, 11) is 1.93. The van der Waals surface area contributed by atoms with E-state index in [-0.39, 0.29) is 11.6 Å². The average Bonchev–Trinajstić information content (AvgIpc) is 3.20. The third-order valence-electron chi connectivity index (χ3n) is 5.10. The van der Waals surface area contributed by atoms with Gasteiger partial charge in [0.1, 0.15) is 11.4 Å². The average molecular weight is 421 g/mol. The smallest absolute Gasteiger partial charge is 0.416 e. The second-order valence-corrected chi connectivity index (χ2v) is 7.21. The van der Waals surface area contributed by atoms with Crippen LogP contribution in [0.15, 0.2) is 36.5 Å². The molecule has 0 amide bonds. The Bertz CT molecular complexity index is 986. The van der Waals surface area contributed by atoms with Crippen molar-refractivity contribution < 1.29 is 18.3 Å². The van der Waals surface area contributed by atoms with Gasteiger partial charge < -0.3 is 15.7 Å². The van der Waals surface area contributed by atoms with Crippen LogP contribution in [0.1, 0.15) is 38.2 Å². The van der Waals surface area contributed by atoms with Gasteiger partial charge in [0, 0.05) is 17.8 Å². The van der Waals surface area contributed by atoms with Crippen molar-refractivity contribution in [2.45, 2.75) is 44.8 Å². The number of phenolic OH excluding ortho intramolecular Hbond substituents is 1. The minimum absolute atomic E-state index is 0.199. The SMILES string of the molecule is CCC(CCCCNC)Nc1nnc(-c2ccc(C(F)(F)F)cc2O)c2cccn12. The first-order valence-electron chi connectivity index (χ1n) is 10.0. The lowest BCUT2D eigenvalue weighted by Gasteiger charge is -2.19. The predicted octanol–water partition coefficient (Wildman–Crippen LogP) is 4.70. The molecule has 0 aliphatic carbocycles. The predicted molar refractivity (Wildman–Crippen MR) is 111 cm³/mol. The molecule has 0 spiro atoms. The number of hydrogen-bond donors (Lipinski definition) is 3. The summed E-state index contributed by atoms with van der Waals surface area (Å²) < 4.78 is 40.5. The maximum Gasteiger partial charge on any atom is 0.416 e. The van der Waals surface area contributed by atoms with Gasteiger partial charge in [-0.25, -0.2) is 0 Å². The molecule has 0 radical (unpaired) electrons. The number of aromatic hydroxyl groups is 1. The van der Waals surface area contributed by atoms with Crippen molar-refractivity contribution in [3.8, 4) is 17.0 Å². The van der Waals surface area contributed by atoms with E-state index in [4.69, 9.17) is 0 Å². The van der Waals surface area contributed by atoms with Crippen LogP contribution in [0.25, 0.3) is 16.8 Å². The molecule has 0 saturated carbocycles. The summed E-state index contributed by atoms with van der Waals surface area (Å²) in [6.45, 7) is 3.08. The number of nitrogens with zero attached hydrogens (tertiary/aromatic N) is 3. The number of rotatable bonds is 9. The third-order valence-corrected chi connectivity index (χ3v) is 5.10. The molecular formula is C21H26F3N5O. The molecule has 9 heteroatoms. The Morgan fingerprint density at radius 1 is 1.17 bits per heavy atom. The Kier molecular flexibility index (Phi) is 6.81. The van der Waals surface area contributed by atoms with Crippen molar-refractivity contribution >= 4 is 11.5 Å². The normalized spacial score (nSPS) is 13.0. The van der Waals surface area contributed by atoms with Gasteiger partial charge in [0.25, 0.3) is 0 Å². The van der Waals surface area contributed by atoms with Gasteiger partial charge in [0.15, 0.2) is 0 Å². The van der Waals surface area contributed by atoms with Crippen LogP contribution in [0.4, 0.5) is 19.1 Å². The van der Waals surface area contributed by atoms with Crippen molar-refractivity contribution in [3.05, 3.63) is 42.1 Å². The van der Waals surface area contributed by atoms with E-state index >= 15 is 0 Å². The van der Waals surface area contributed by atoms with Gasteiger partial charge in [-0.1, -0.05) is 13.3 Å². The van der Waals surface area contributed by atoms with Crippen molar-refractivity contribution in [2.24, 2.45) is 0 Å². The number of aromatic nitrogens is 3. The second kappa shape index (κ2) is 9.34. The Labute approximate surface area is 173 Å². The number of alkyl halides is 3. The Balaban J connectivity index is 1.88. The van der Waals surface area contributed by atoms with Gasteiger partial charge in [0.2, 0.25) is 5.95 Å². The van der Waals surface area contributed by atoms with Crippen molar-refractivity contribution in [1.29, 1.82) is 0 Å². The highest BCUT2D eigenvalue weighted by Gasteiger charge is 2.31. The maximum absolute atomic E-state index is 12.9. The van der Waals surface area contributed by atoms with E-state index in [1.807, 2.05) is 19.3 Å². The van der Waals surface area contributed by atoms with Gasteiger partial charge in [-0.15, -0.1) is 10.2 Å². The van der Waals surface area contributed by atoms with Crippen LogP contribution in [0.3, 0.4) is 0 Å². The van der Waals surface area contributed by atoms with E-state index in [0.717, 1.165) is 38.3 Å². The maximum atomic E-state index is 12.9. The quantitative estimate of drug-likeness (QED) is 0.437. The zero-order chi connectivity index (χ0) is 21.7. The molecule has 162 valence electrons. The molecule has 0 fully saturated rings. The first-order chi connectivity index (χ1) is 14.3. The van der Waals surface area contributed by atoms with Gasteiger partial charge in [-0.3, -0.25) is 4.40 Å². The second-order valence-electron chi connectivity index (χ2n) is 7.21. The Hall–Kier alpha value is -2.81. The molecule has 2 heterocycles. The number of benzene rings is 1. The molecule has 3 N–H and O–H groups in total. The molecule has 30 heavy (non-hydrogen) atoms. The fourth-order valence-corrected chi connectivity index (χ4v) is 3.41. The molecule has 1 atom stereocenters. The van der Waals surface area contributed by atoms with E-state index in [1.54, 1.807) is 10.5 Å². The molecule has 1 unspecified atom stereocenters. The first kappa shape index (κ1) is 21.9. The zero-order valence-electron chi connectivity index (χ0n) is 17.0. The van der Waals surface area contributed by atoms with E-state index in [0.29, 0.717) is 23.2 Å². The molecule has 0 aliphatic rings. The summed E-state index contributed by atoms with van der Waals surface area (Å²) in [6, 6.07) is 6.69. The minimum atomic E-state index is -4.53. The summed E-state index contributed by atoms with van der Waals surface area (Å²) in [6.07, 6.45) is 1.36. The lowest BCUT2D eigenvalue weighted by molar-refractivity contribution is -0.137. The van der Waals surface area contributed by atoms with Gasteiger partial charge in [-0.2, -0.15) is 13.2 Å². The first-order valence-corrected chi connectivity index (χ1v) is 10.0. The molecule has 2 aromatic heterocycles. The van der Waals surface area contributed by atoms with Crippen LogP contribution in [-0.4, -0.2) is 39.3 Å². The van der Waals surface area contributed by atoms with Crippen LogP contribution < -0.4 is 10.6 Å². The molecule has 3 aromatic rings. The lowest BCUT2D eigenvalue weighted by Crippen LogP contribution is -2.22. The van der Waals surface area contributed by atoms with Crippen molar-refractivity contribution in [2.75, 3.05) is 18.9 Å². The molecule has 1 aromatic carbocycles. The fraction of sp³-hybridized carbons (Fsp3) is 0.429. The summed E-state index contributed by atoms with van der Waals surface area (Å²) >= 11 is 0. The van der Waals surface area contributed by atoms with Crippen LogP contribution >= 0.6 is 0 Å². The number of anilines is 1. The number of hydrogen-bond acceptors (Lipinski definition) is 5. The topological polar surface area (TPSA) is 74.5 Å². The minimum Gasteiger partial charge on any atom is -0.507 e.